The molecule has 0 aliphatic heterocycles. The molecule has 2 aromatic carbocycles. The lowest BCUT2D eigenvalue weighted by Gasteiger charge is -2.12. The molecule has 0 atom stereocenters. The number of carbonyl (C=O) groups excluding carboxylic acids is 1. The summed E-state index contributed by atoms with van der Waals surface area (Å²) in [4.78, 5) is 10.8. The fraction of sp³-hybridized carbons (Fsp3) is 0.133. The highest BCUT2D eigenvalue weighted by molar-refractivity contribution is 7.92. The molecule has 2 rings (SSSR count). The van der Waals surface area contributed by atoms with E-state index >= 15 is 0 Å². The summed E-state index contributed by atoms with van der Waals surface area (Å²) >= 11 is 0. The van der Waals surface area contributed by atoms with E-state index in [9.17, 15) is 22.0 Å². The largest absolute Gasteiger partial charge is 0.326 e. The molecule has 0 aromatic heterocycles. The molecule has 122 valence electrons. The highest BCUT2D eigenvalue weighted by Crippen LogP contribution is 2.24. The molecule has 5 nitrogen and oxygen atoms in total. The summed E-state index contributed by atoms with van der Waals surface area (Å²) in [5.41, 5.74) is 0.114. The molecule has 0 fully saturated rings. The average Bonchev–Trinajstić information content (AvgIpc) is 2.41. The van der Waals surface area contributed by atoms with Crippen LogP contribution in [0.15, 0.2) is 41.3 Å². The van der Waals surface area contributed by atoms with E-state index in [1.54, 1.807) is 0 Å². The van der Waals surface area contributed by atoms with Crippen molar-refractivity contribution in [2.24, 2.45) is 0 Å². The number of aryl methyl sites for hydroxylation is 1. The molecule has 0 spiro atoms. The minimum absolute atomic E-state index is 0.164. The van der Waals surface area contributed by atoms with Gasteiger partial charge in [0.1, 0.15) is 11.6 Å². The quantitative estimate of drug-likeness (QED) is 0.898. The van der Waals surface area contributed by atoms with Gasteiger partial charge in [0.2, 0.25) is 5.91 Å². The molecule has 0 heterocycles. The van der Waals surface area contributed by atoms with Gasteiger partial charge in [-0.05, 0) is 48.9 Å². The molecule has 8 heteroatoms. The van der Waals surface area contributed by atoms with Crippen molar-refractivity contribution in [3.8, 4) is 0 Å². The number of sulfonamides is 1. The van der Waals surface area contributed by atoms with Gasteiger partial charge >= 0.3 is 0 Å². The van der Waals surface area contributed by atoms with Gasteiger partial charge in [0.05, 0.1) is 10.6 Å². The molecule has 0 saturated carbocycles. The molecule has 1 amide bonds. The van der Waals surface area contributed by atoms with E-state index in [0.717, 1.165) is 30.3 Å². The van der Waals surface area contributed by atoms with Gasteiger partial charge in [0.25, 0.3) is 10.0 Å². The minimum atomic E-state index is -4.10. The summed E-state index contributed by atoms with van der Waals surface area (Å²) in [6.07, 6.45) is 0. The maximum atomic E-state index is 13.8. The Balaban J connectivity index is 2.38. The van der Waals surface area contributed by atoms with Gasteiger partial charge in [-0.3, -0.25) is 9.52 Å². The van der Waals surface area contributed by atoms with Crippen LogP contribution in [0.3, 0.4) is 0 Å². The Bertz CT molecular complexity index is 867. The van der Waals surface area contributed by atoms with Crippen molar-refractivity contribution in [2.45, 2.75) is 18.7 Å². The lowest BCUT2D eigenvalue weighted by atomic mass is 10.2. The number of rotatable bonds is 4. The third-order valence-corrected chi connectivity index (χ3v) is 4.48. The first-order chi connectivity index (χ1) is 10.7. The maximum Gasteiger partial charge on any atom is 0.262 e. The van der Waals surface area contributed by atoms with E-state index in [-0.39, 0.29) is 27.7 Å². The summed E-state index contributed by atoms with van der Waals surface area (Å²) in [5, 5.41) is 2.43. The van der Waals surface area contributed by atoms with E-state index in [4.69, 9.17) is 0 Å². The van der Waals surface area contributed by atoms with Crippen LogP contribution in [0.5, 0.6) is 0 Å². The Morgan fingerprint density at radius 3 is 2.39 bits per heavy atom. The van der Waals surface area contributed by atoms with Gasteiger partial charge in [-0.2, -0.15) is 0 Å². The van der Waals surface area contributed by atoms with Gasteiger partial charge in [0.15, 0.2) is 0 Å². The number of anilines is 2. The van der Waals surface area contributed by atoms with Gasteiger partial charge in [-0.15, -0.1) is 0 Å². The standard InChI is InChI=1S/C15H14F2N2O3S/c1-9-7-11(16)3-6-15(9)23(21,22)19-14-8-12(18-10(2)20)4-5-13(14)17/h3-8,19H,1-2H3,(H,18,20). The van der Waals surface area contributed by atoms with Crippen LogP contribution in [0.25, 0.3) is 0 Å². The third kappa shape index (κ3) is 4.04. The molecule has 2 N–H and O–H groups in total. The molecule has 0 aliphatic rings. The van der Waals surface area contributed by atoms with Crippen molar-refractivity contribution in [2.75, 3.05) is 10.0 Å². The number of amides is 1. The first-order valence-corrected chi connectivity index (χ1v) is 8.03. The number of halogens is 2. The fourth-order valence-electron chi connectivity index (χ4n) is 2.00. The number of hydrogen-bond acceptors (Lipinski definition) is 3. The number of carbonyl (C=O) groups is 1. The zero-order valence-electron chi connectivity index (χ0n) is 12.4. The van der Waals surface area contributed by atoms with Crippen LogP contribution < -0.4 is 10.0 Å². The first-order valence-electron chi connectivity index (χ1n) is 6.55. The van der Waals surface area contributed by atoms with Crippen molar-refractivity contribution in [1.29, 1.82) is 0 Å². The van der Waals surface area contributed by atoms with Crippen LogP contribution in [0.4, 0.5) is 20.2 Å². The molecular weight excluding hydrogens is 326 g/mol. The number of hydrogen-bond donors (Lipinski definition) is 2. The van der Waals surface area contributed by atoms with Crippen molar-refractivity contribution >= 4 is 27.3 Å². The van der Waals surface area contributed by atoms with E-state index in [2.05, 4.69) is 10.0 Å². The van der Waals surface area contributed by atoms with Crippen LogP contribution in [0.2, 0.25) is 0 Å². The lowest BCUT2D eigenvalue weighted by molar-refractivity contribution is -0.114. The summed E-state index contributed by atoms with van der Waals surface area (Å²) < 4.78 is 53.7. The SMILES string of the molecule is CC(=O)Nc1ccc(F)c(NS(=O)(=O)c2ccc(F)cc2C)c1. The average molecular weight is 340 g/mol. The van der Waals surface area contributed by atoms with Gasteiger partial charge in [-0.25, -0.2) is 17.2 Å². The molecule has 0 bridgehead atoms. The van der Waals surface area contributed by atoms with Crippen LogP contribution in [0, 0.1) is 18.6 Å². The number of benzene rings is 2. The smallest absolute Gasteiger partial charge is 0.262 e. The van der Waals surface area contributed by atoms with Crippen molar-refractivity contribution in [3.05, 3.63) is 53.6 Å². The predicted octanol–water partition coefficient (Wildman–Crippen LogP) is 3.03. The van der Waals surface area contributed by atoms with Crippen molar-refractivity contribution in [3.63, 3.8) is 0 Å². The second kappa shape index (κ2) is 6.33. The second-order valence-corrected chi connectivity index (χ2v) is 6.54. The second-order valence-electron chi connectivity index (χ2n) is 4.89. The van der Waals surface area contributed by atoms with E-state index in [1.807, 2.05) is 0 Å². The third-order valence-electron chi connectivity index (χ3n) is 2.96. The molecule has 0 unspecified atom stereocenters. The zero-order chi connectivity index (χ0) is 17.2. The molecule has 0 radical (unpaired) electrons. The monoisotopic (exact) mass is 340 g/mol. The van der Waals surface area contributed by atoms with Crippen LogP contribution in [0.1, 0.15) is 12.5 Å². The van der Waals surface area contributed by atoms with E-state index in [0.29, 0.717) is 0 Å². The molecule has 0 aliphatic carbocycles. The molecule has 23 heavy (non-hydrogen) atoms. The topological polar surface area (TPSA) is 75.3 Å². The van der Waals surface area contributed by atoms with Crippen molar-refractivity contribution < 1.29 is 22.0 Å². The Hall–Kier alpha value is -2.48. The number of nitrogens with one attached hydrogen (secondary N) is 2. The molecule has 2 aromatic rings. The molecular formula is C15H14F2N2O3S. The van der Waals surface area contributed by atoms with Crippen molar-refractivity contribution in [1.82, 2.24) is 0 Å². The molecule has 0 saturated heterocycles. The Morgan fingerprint density at radius 1 is 1.09 bits per heavy atom. The van der Waals surface area contributed by atoms with Crippen LogP contribution in [-0.2, 0) is 14.8 Å². The summed E-state index contributed by atoms with van der Waals surface area (Å²) in [6, 6.07) is 6.67. The summed E-state index contributed by atoms with van der Waals surface area (Å²) in [5.74, 6) is -1.75. The van der Waals surface area contributed by atoms with Gasteiger partial charge in [0, 0.05) is 12.6 Å². The highest BCUT2D eigenvalue weighted by Gasteiger charge is 2.19. The Kier molecular flexibility index (Phi) is 4.65. The van der Waals surface area contributed by atoms with Crippen LogP contribution >= 0.6 is 0 Å². The summed E-state index contributed by atoms with van der Waals surface area (Å²) in [7, 11) is -4.10. The van der Waals surface area contributed by atoms with Crippen LogP contribution in [-0.4, -0.2) is 14.3 Å². The van der Waals surface area contributed by atoms with E-state index in [1.165, 1.54) is 19.9 Å². The predicted molar refractivity (Wildman–Crippen MR) is 82.6 cm³/mol. The fourth-order valence-corrected chi connectivity index (χ4v) is 3.28. The highest BCUT2D eigenvalue weighted by atomic mass is 32.2. The zero-order valence-corrected chi connectivity index (χ0v) is 13.2. The first kappa shape index (κ1) is 16.9. The lowest BCUT2D eigenvalue weighted by Crippen LogP contribution is -2.16. The minimum Gasteiger partial charge on any atom is -0.326 e. The van der Waals surface area contributed by atoms with Gasteiger partial charge < -0.3 is 5.32 Å². The summed E-state index contributed by atoms with van der Waals surface area (Å²) in [6.45, 7) is 2.71. The van der Waals surface area contributed by atoms with Gasteiger partial charge in [-0.1, -0.05) is 0 Å². The van der Waals surface area contributed by atoms with E-state index < -0.39 is 21.7 Å². The Morgan fingerprint density at radius 2 is 1.78 bits per heavy atom. The normalized spacial score (nSPS) is 11.1. The Labute approximate surface area is 132 Å². The maximum absolute atomic E-state index is 13.8.